The molecule has 0 radical (unpaired) electrons. The number of nitrogens with zero attached hydrogens (tertiary/aromatic N) is 1. The highest BCUT2D eigenvalue weighted by Gasteiger charge is 2.44. The van der Waals surface area contributed by atoms with Crippen LogP contribution >= 0.6 is 0 Å². The van der Waals surface area contributed by atoms with Gasteiger partial charge in [0.05, 0.1) is 5.41 Å². The Hall–Kier alpha value is -4.03. The second kappa shape index (κ2) is 11.2. The Labute approximate surface area is 221 Å². The van der Waals surface area contributed by atoms with Gasteiger partial charge in [0.2, 0.25) is 5.91 Å². The molecule has 1 aliphatic heterocycles. The van der Waals surface area contributed by atoms with Gasteiger partial charge in [0.15, 0.2) is 0 Å². The van der Waals surface area contributed by atoms with Crippen molar-refractivity contribution in [3.63, 3.8) is 0 Å². The molecule has 0 bridgehead atoms. The third-order valence-corrected chi connectivity index (χ3v) is 7.65. The molecule has 5 rings (SSSR count). The molecule has 0 spiro atoms. The van der Waals surface area contributed by atoms with Gasteiger partial charge in [0.25, 0.3) is 0 Å². The molecule has 0 unspecified atom stereocenters. The van der Waals surface area contributed by atoms with E-state index in [0.29, 0.717) is 31.5 Å². The molecule has 4 aromatic carbocycles. The van der Waals surface area contributed by atoms with Gasteiger partial charge in [0.1, 0.15) is 11.9 Å². The first-order chi connectivity index (χ1) is 18.4. The summed E-state index contributed by atoms with van der Waals surface area (Å²) in [6, 6.07) is 29.0. The maximum Gasteiger partial charge on any atom is 0.326 e. The first-order valence-corrected chi connectivity index (χ1v) is 13.0. The minimum atomic E-state index is -1.08. The monoisotopic (exact) mass is 510 g/mol. The van der Waals surface area contributed by atoms with Crippen LogP contribution in [0.25, 0.3) is 10.8 Å². The molecule has 1 atom stereocenters. The summed E-state index contributed by atoms with van der Waals surface area (Å²) in [7, 11) is 0. The van der Waals surface area contributed by atoms with Crippen molar-refractivity contribution in [2.24, 2.45) is 0 Å². The minimum absolute atomic E-state index is 0.190. The van der Waals surface area contributed by atoms with E-state index in [2.05, 4.69) is 40.5 Å². The number of hydrogen-bond acceptors (Lipinski definition) is 3. The van der Waals surface area contributed by atoms with E-state index < -0.39 is 17.4 Å². The second-order valence-corrected chi connectivity index (χ2v) is 10.1. The van der Waals surface area contributed by atoms with Crippen LogP contribution in [0.3, 0.4) is 0 Å². The molecule has 38 heavy (non-hydrogen) atoms. The molecular formula is C32H31FN2O3. The van der Waals surface area contributed by atoms with E-state index in [9.17, 15) is 19.1 Å². The van der Waals surface area contributed by atoms with Crippen molar-refractivity contribution in [1.82, 2.24) is 10.2 Å². The number of carbonyl (C=O) groups excluding carboxylic acids is 1. The van der Waals surface area contributed by atoms with E-state index >= 15 is 0 Å². The Bertz CT molecular complexity index is 1410. The van der Waals surface area contributed by atoms with Crippen molar-refractivity contribution in [2.45, 2.75) is 37.3 Å². The first kappa shape index (κ1) is 25.6. The lowest BCUT2D eigenvalue weighted by Crippen LogP contribution is -2.55. The van der Waals surface area contributed by atoms with E-state index in [1.165, 1.54) is 28.5 Å². The summed E-state index contributed by atoms with van der Waals surface area (Å²) in [6.07, 6.45) is 1.21. The fraction of sp³-hybridized carbons (Fsp3) is 0.250. The molecule has 5 nitrogen and oxygen atoms in total. The molecular weight excluding hydrogens is 479 g/mol. The van der Waals surface area contributed by atoms with Crippen molar-refractivity contribution in [2.75, 3.05) is 13.1 Å². The van der Waals surface area contributed by atoms with Crippen LogP contribution in [0.2, 0.25) is 0 Å². The number of rotatable bonds is 8. The van der Waals surface area contributed by atoms with Gasteiger partial charge in [-0.05, 0) is 71.6 Å². The number of aliphatic carboxylic acids is 1. The summed E-state index contributed by atoms with van der Waals surface area (Å²) < 4.78 is 13.8. The number of carbonyl (C=O) groups is 2. The molecule has 4 aromatic rings. The fourth-order valence-electron chi connectivity index (χ4n) is 5.45. The number of amides is 1. The van der Waals surface area contributed by atoms with Crippen LogP contribution in [0, 0.1) is 5.82 Å². The molecule has 2 N–H and O–H groups in total. The molecule has 1 fully saturated rings. The Morgan fingerprint density at radius 3 is 2.18 bits per heavy atom. The van der Waals surface area contributed by atoms with Gasteiger partial charge >= 0.3 is 5.97 Å². The summed E-state index contributed by atoms with van der Waals surface area (Å²) in [5, 5.41) is 15.1. The molecule has 0 aliphatic carbocycles. The van der Waals surface area contributed by atoms with Gasteiger partial charge in [0, 0.05) is 13.0 Å². The van der Waals surface area contributed by atoms with Crippen molar-refractivity contribution in [3.05, 3.63) is 120 Å². The van der Waals surface area contributed by atoms with Crippen molar-refractivity contribution < 1.29 is 19.1 Å². The van der Waals surface area contributed by atoms with E-state index in [-0.39, 0.29) is 18.1 Å². The maximum atomic E-state index is 13.8. The standard InChI is InChI=1S/C32H31FN2O3/c33-28-14-12-27(13-15-28)32(31(38)34-29(30(36)37)21-23-6-2-1-3-7-23)16-18-35(19-17-32)22-24-10-11-25-8-4-5-9-26(25)20-24/h1-15,20,29H,16-19,21-22H2,(H,34,38)(H,36,37)/t29-/m0/s1. The van der Waals surface area contributed by atoms with Crippen LogP contribution in [0.1, 0.15) is 29.5 Å². The minimum Gasteiger partial charge on any atom is -0.480 e. The molecule has 1 saturated heterocycles. The zero-order chi connectivity index (χ0) is 26.5. The molecule has 1 heterocycles. The zero-order valence-corrected chi connectivity index (χ0v) is 21.1. The average Bonchev–Trinajstić information content (AvgIpc) is 2.94. The molecule has 194 valence electrons. The number of hydrogen-bond donors (Lipinski definition) is 2. The SMILES string of the molecule is O=C(O)[C@H](Cc1ccccc1)NC(=O)C1(c2ccc(F)cc2)CCN(Cc2ccc3ccccc3c2)CC1. The number of piperidine rings is 1. The van der Waals surface area contributed by atoms with Crippen LogP contribution in [-0.4, -0.2) is 41.0 Å². The summed E-state index contributed by atoms with van der Waals surface area (Å²) in [4.78, 5) is 28.2. The van der Waals surface area contributed by atoms with Crippen LogP contribution < -0.4 is 5.32 Å². The summed E-state index contributed by atoms with van der Waals surface area (Å²) in [6.45, 7) is 2.08. The van der Waals surface area contributed by atoms with E-state index in [1.807, 2.05) is 42.5 Å². The number of carboxylic acid groups (broad SMARTS) is 1. The summed E-state index contributed by atoms with van der Waals surface area (Å²) in [5.74, 6) is -1.77. The Balaban J connectivity index is 1.34. The third-order valence-electron chi connectivity index (χ3n) is 7.65. The zero-order valence-electron chi connectivity index (χ0n) is 21.1. The molecule has 1 amide bonds. The Kier molecular flexibility index (Phi) is 7.52. The van der Waals surface area contributed by atoms with Gasteiger partial charge in [-0.1, -0.05) is 78.9 Å². The lowest BCUT2D eigenvalue weighted by Gasteiger charge is -2.41. The molecule has 6 heteroatoms. The maximum absolute atomic E-state index is 13.8. The molecule has 0 aromatic heterocycles. The average molecular weight is 511 g/mol. The number of likely N-dealkylation sites (tertiary alicyclic amines) is 1. The topological polar surface area (TPSA) is 69.6 Å². The summed E-state index contributed by atoms with van der Waals surface area (Å²) >= 11 is 0. The van der Waals surface area contributed by atoms with E-state index in [4.69, 9.17) is 0 Å². The normalized spacial score (nSPS) is 16.1. The second-order valence-electron chi connectivity index (χ2n) is 10.1. The van der Waals surface area contributed by atoms with Gasteiger partial charge in [-0.3, -0.25) is 9.69 Å². The smallest absolute Gasteiger partial charge is 0.326 e. The fourth-order valence-corrected chi connectivity index (χ4v) is 5.45. The summed E-state index contributed by atoms with van der Waals surface area (Å²) in [5.41, 5.74) is 1.82. The van der Waals surface area contributed by atoms with Crippen LogP contribution in [0.15, 0.2) is 97.1 Å². The molecule has 0 saturated carbocycles. The van der Waals surface area contributed by atoms with E-state index in [1.54, 1.807) is 12.1 Å². The van der Waals surface area contributed by atoms with Gasteiger partial charge in [-0.2, -0.15) is 0 Å². The van der Waals surface area contributed by atoms with Crippen molar-refractivity contribution in [1.29, 1.82) is 0 Å². The lowest BCUT2D eigenvalue weighted by atomic mass is 9.71. The number of fused-ring (bicyclic) bond motifs is 1. The van der Waals surface area contributed by atoms with Crippen LogP contribution in [0.5, 0.6) is 0 Å². The van der Waals surface area contributed by atoms with Crippen molar-refractivity contribution >= 4 is 22.6 Å². The van der Waals surface area contributed by atoms with Crippen molar-refractivity contribution in [3.8, 4) is 0 Å². The first-order valence-electron chi connectivity index (χ1n) is 13.0. The highest BCUT2D eigenvalue weighted by molar-refractivity contribution is 5.92. The molecule has 1 aliphatic rings. The van der Waals surface area contributed by atoms with Gasteiger partial charge < -0.3 is 10.4 Å². The number of carboxylic acids is 1. The number of halogens is 1. The predicted octanol–water partition coefficient (Wildman–Crippen LogP) is 5.32. The largest absolute Gasteiger partial charge is 0.480 e. The number of benzene rings is 4. The highest BCUT2D eigenvalue weighted by Crippen LogP contribution is 2.37. The third kappa shape index (κ3) is 5.60. The quantitative estimate of drug-likeness (QED) is 0.336. The van der Waals surface area contributed by atoms with Crippen LogP contribution in [0.4, 0.5) is 4.39 Å². The number of nitrogens with one attached hydrogen (secondary N) is 1. The van der Waals surface area contributed by atoms with E-state index in [0.717, 1.165) is 12.1 Å². The van der Waals surface area contributed by atoms with Gasteiger partial charge in [-0.25, -0.2) is 9.18 Å². The van der Waals surface area contributed by atoms with Gasteiger partial charge in [-0.15, -0.1) is 0 Å². The Morgan fingerprint density at radius 1 is 0.842 bits per heavy atom. The highest BCUT2D eigenvalue weighted by atomic mass is 19.1. The Morgan fingerprint density at radius 2 is 1.50 bits per heavy atom. The van der Waals surface area contributed by atoms with Crippen LogP contribution in [-0.2, 0) is 28.0 Å². The predicted molar refractivity (Wildman–Crippen MR) is 146 cm³/mol. The lowest BCUT2D eigenvalue weighted by molar-refractivity contribution is -0.143.